The summed E-state index contributed by atoms with van der Waals surface area (Å²) in [5.41, 5.74) is 3.87. The number of halogens is 1. The van der Waals surface area contributed by atoms with Crippen LogP contribution >= 0.6 is 15.9 Å². The molecule has 0 fully saturated rings. The highest BCUT2D eigenvalue weighted by Crippen LogP contribution is 2.14. The molecule has 0 aliphatic carbocycles. The van der Waals surface area contributed by atoms with Crippen LogP contribution in [0.25, 0.3) is 0 Å². The minimum absolute atomic E-state index is 0.125. The van der Waals surface area contributed by atoms with Crippen LogP contribution < -0.4 is 5.32 Å². The van der Waals surface area contributed by atoms with E-state index >= 15 is 0 Å². The largest absolute Gasteiger partial charge is 0.308 e. The zero-order chi connectivity index (χ0) is 14.8. The average Bonchev–Trinajstić information content (AvgIpc) is 2.70. The summed E-state index contributed by atoms with van der Waals surface area (Å²) in [5.74, 6) is 0. The van der Waals surface area contributed by atoms with Crippen LogP contribution in [0.4, 0.5) is 0 Å². The van der Waals surface area contributed by atoms with Gasteiger partial charge in [0.1, 0.15) is 0 Å². The van der Waals surface area contributed by atoms with E-state index in [4.69, 9.17) is 0 Å². The summed E-state index contributed by atoms with van der Waals surface area (Å²) in [6.45, 7) is 10.3. The second-order valence-electron chi connectivity index (χ2n) is 6.14. The molecule has 4 heteroatoms. The van der Waals surface area contributed by atoms with Crippen LogP contribution in [0.3, 0.4) is 0 Å². The van der Waals surface area contributed by atoms with Crippen molar-refractivity contribution in [2.45, 2.75) is 46.3 Å². The molecule has 0 bridgehead atoms. The lowest BCUT2D eigenvalue weighted by atomic mass is 10.1. The maximum atomic E-state index is 4.50. The first-order valence-corrected chi connectivity index (χ1v) is 7.65. The second kappa shape index (κ2) is 6.10. The number of benzene rings is 1. The van der Waals surface area contributed by atoms with E-state index < -0.39 is 0 Å². The SMILES string of the molecule is Cc1c(CNC(C)(C)C)cnn1Cc1ccc(Br)cc1. The maximum absolute atomic E-state index is 4.50. The Bertz CT molecular complexity index is 564. The van der Waals surface area contributed by atoms with Crippen LogP contribution in [0.1, 0.15) is 37.6 Å². The van der Waals surface area contributed by atoms with Gasteiger partial charge < -0.3 is 5.32 Å². The van der Waals surface area contributed by atoms with Crippen molar-refractivity contribution in [1.29, 1.82) is 0 Å². The van der Waals surface area contributed by atoms with Gasteiger partial charge in [-0.1, -0.05) is 28.1 Å². The quantitative estimate of drug-likeness (QED) is 0.918. The number of rotatable bonds is 4. The highest BCUT2D eigenvalue weighted by atomic mass is 79.9. The van der Waals surface area contributed by atoms with Crippen LogP contribution in [0.2, 0.25) is 0 Å². The third kappa shape index (κ3) is 4.18. The van der Waals surface area contributed by atoms with E-state index in [1.807, 2.05) is 6.20 Å². The van der Waals surface area contributed by atoms with Crippen molar-refractivity contribution in [3.63, 3.8) is 0 Å². The third-order valence-corrected chi connectivity index (χ3v) is 3.79. The van der Waals surface area contributed by atoms with Crippen molar-refractivity contribution in [2.75, 3.05) is 0 Å². The summed E-state index contributed by atoms with van der Waals surface area (Å²) in [7, 11) is 0. The Hall–Kier alpha value is -1.13. The molecule has 0 saturated heterocycles. The molecule has 20 heavy (non-hydrogen) atoms. The van der Waals surface area contributed by atoms with Gasteiger partial charge in [0.2, 0.25) is 0 Å². The summed E-state index contributed by atoms with van der Waals surface area (Å²) in [6.07, 6.45) is 1.97. The normalized spacial score (nSPS) is 11.8. The number of hydrogen-bond donors (Lipinski definition) is 1. The van der Waals surface area contributed by atoms with Gasteiger partial charge in [0.15, 0.2) is 0 Å². The highest BCUT2D eigenvalue weighted by Gasteiger charge is 2.12. The van der Waals surface area contributed by atoms with Gasteiger partial charge in [-0.05, 0) is 45.4 Å². The summed E-state index contributed by atoms with van der Waals surface area (Å²) < 4.78 is 3.16. The van der Waals surface area contributed by atoms with Gasteiger partial charge in [0.05, 0.1) is 12.7 Å². The van der Waals surface area contributed by atoms with Crippen molar-refractivity contribution in [1.82, 2.24) is 15.1 Å². The zero-order valence-electron chi connectivity index (χ0n) is 12.6. The molecular formula is C16H22BrN3. The molecule has 0 aliphatic rings. The minimum Gasteiger partial charge on any atom is -0.308 e. The topological polar surface area (TPSA) is 29.9 Å². The van der Waals surface area contributed by atoms with Gasteiger partial charge in [-0.25, -0.2) is 0 Å². The molecule has 2 rings (SSSR count). The van der Waals surface area contributed by atoms with Gasteiger partial charge in [-0.15, -0.1) is 0 Å². The minimum atomic E-state index is 0.125. The Kier molecular flexibility index (Phi) is 4.66. The predicted molar refractivity (Wildman–Crippen MR) is 86.8 cm³/mol. The van der Waals surface area contributed by atoms with Crippen molar-refractivity contribution < 1.29 is 0 Å². The lowest BCUT2D eigenvalue weighted by Crippen LogP contribution is -2.35. The molecule has 108 valence electrons. The Morgan fingerprint density at radius 2 is 1.85 bits per heavy atom. The zero-order valence-corrected chi connectivity index (χ0v) is 14.2. The molecule has 3 nitrogen and oxygen atoms in total. The highest BCUT2D eigenvalue weighted by molar-refractivity contribution is 9.10. The predicted octanol–water partition coefficient (Wildman–Crippen LogP) is 3.89. The van der Waals surface area contributed by atoms with Crippen molar-refractivity contribution in [3.05, 3.63) is 51.8 Å². The maximum Gasteiger partial charge on any atom is 0.0662 e. The molecule has 0 unspecified atom stereocenters. The molecular weight excluding hydrogens is 314 g/mol. The fraction of sp³-hybridized carbons (Fsp3) is 0.438. The third-order valence-electron chi connectivity index (χ3n) is 3.26. The molecule has 0 spiro atoms. The van der Waals surface area contributed by atoms with Gasteiger partial charge in [-0.3, -0.25) is 4.68 Å². The van der Waals surface area contributed by atoms with Gasteiger partial charge in [0.25, 0.3) is 0 Å². The Labute approximate surface area is 129 Å². The molecule has 1 heterocycles. The van der Waals surface area contributed by atoms with E-state index in [0.29, 0.717) is 0 Å². The molecule has 0 aliphatic heterocycles. The number of aromatic nitrogens is 2. The Morgan fingerprint density at radius 3 is 2.45 bits per heavy atom. The van der Waals surface area contributed by atoms with Crippen LogP contribution in [0, 0.1) is 6.92 Å². The van der Waals surface area contributed by atoms with Gasteiger partial charge in [0, 0.05) is 27.8 Å². The first-order valence-electron chi connectivity index (χ1n) is 6.86. The average molecular weight is 336 g/mol. The van der Waals surface area contributed by atoms with E-state index in [9.17, 15) is 0 Å². The van der Waals surface area contributed by atoms with Crippen LogP contribution in [0.5, 0.6) is 0 Å². The first-order chi connectivity index (χ1) is 9.35. The number of hydrogen-bond acceptors (Lipinski definition) is 2. The summed E-state index contributed by atoms with van der Waals surface area (Å²) in [6, 6.07) is 8.38. The number of nitrogens with zero attached hydrogens (tertiary/aromatic N) is 2. The van der Waals surface area contributed by atoms with Gasteiger partial charge >= 0.3 is 0 Å². The van der Waals surface area contributed by atoms with Crippen LogP contribution in [0.15, 0.2) is 34.9 Å². The van der Waals surface area contributed by atoms with E-state index in [1.54, 1.807) is 0 Å². The molecule has 1 N–H and O–H groups in total. The molecule has 0 saturated carbocycles. The first kappa shape index (κ1) is 15.3. The van der Waals surface area contributed by atoms with Crippen molar-refractivity contribution in [2.24, 2.45) is 0 Å². The fourth-order valence-electron chi connectivity index (χ4n) is 1.94. The molecule has 1 aromatic heterocycles. The summed E-state index contributed by atoms with van der Waals surface area (Å²) >= 11 is 3.46. The lowest BCUT2D eigenvalue weighted by Gasteiger charge is -2.20. The van der Waals surface area contributed by atoms with Crippen molar-refractivity contribution >= 4 is 15.9 Å². The Morgan fingerprint density at radius 1 is 1.20 bits per heavy atom. The molecule has 1 aromatic carbocycles. The van der Waals surface area contributed by atoms with Crippen LogP contribution in [-0.2, 0) is 13.1 Å². The van der Waals surface area contributed by atoms with Gasteiger partial charge in [-0.2, -0.15) is 5.10 Å². The fourth-order valence-corrected chi connectivity index (χ4v) is 2.21. The second-order valence-corrected chi connectivity index (χ2v) is 7.06. The van der Waals surface area contributed by atoms with E-state index in [2.05, 4.69) is 83.0 Å². The number of nitrogens with one attached hydrogen (secondary N) is 1. The van der Waals surface area contributed by atoms with E-state index in [0.717, 1.165) is 17.6 Å². The molecule has 2 aromatic rings. The Balaban J connectivity index is 2.07. The van der Waals surface area contributed by atoms with E-state index in [-0.39, 0.29) is 5.54 Å². The van der Waals surface area contributed by atoms with E-state index in [1.165, 1.54) is 16.8 Å². The monoisotopic (exact) mass is 335 g/mol. The smallest absolute Gasteiger partial charge is 0.0662 e. The molecule has 0 radical (unpaired) electrons. The summed E-state index contributed by atoms with van der Waals surface area (Å²) in [4.78, 5) is 0. The van der Waals surface area contributed by atoms with Crippen molar-refractivity contribution in [3.8, 4) is 0 Å². The lowest BCUT2D eigenvalue weighted by molar-refractivity contribution is 0.423. The molecule has 0 amide bonds. The standard InChI is InChI=1S/C16H22BrN3/c1-12-14(9-18-16(2,3)4)10-19-20(12)11-13-5-7-15(17)8-6-13/h5-8,10,18H,9,11H2,1-4H3. The summed E-state index contributed by atoms with van der Waals surface area (Å²) in [5, 5.41) is 8.00. The van der Waals surface area contributed by atoms with Crippen LogP contribution in [-0.4, -0.2) is 15.3 Å². The molecule has 0 atom stereocenters.